The largest absolute Gasteiger partial charge is 0.451 e. The lowest BCUT2D eigenvalue weighted by atomic mass is 10.1. The van der Waals surface area contributed by atoms with Crippen LogP contribution in [0.25, 0.3) is 10.9 Å². The summed E-state index contributed by atoms with van der Waals surface area (Å²) in [5, 5.41) is 10.6. The fraction of sp³-hybridized carbons (Fsp3) is 0.250. The third kappa shape index (κ3) is 3.12. The lowest BCUT2D eigenvalue weighted by Crippen LogP contribution is -2.31. The molecule has 7 heteroatoms. The van der Waals surface area contributed by atoms with Crippen molar-refractivity contribution in [1.29, 1.82) is 0 Å². The molecule has 0 fully saturated rings. The van der Waals surface area contributed by atoms with E-state index in [-0.39, 0.29) is 12.1 Å². The van der Waals surface area contributed by atoms with Crippen molar-refractivity contribution in [3.63, 3.8) is 0 Å². The zero-order chi connectivity index (χ0) is 19.0. The Balaban J connectivity index is 1.53. The van der Waals surface area contributed by atoms with Crippen molar-refractivity contribution in [3.05, 3.63) is 59.3 Å². The van der Waals surface area contributed by atoms with Crippen molar-refractivity contribution in [2.75, 3.05) is 12.4 Å². The van der Waals surface area contributed by atoms with E-state index < -0.39 is 6.09 Å². The van der Waals surface area contributed by atoms with Gasteiger partial charge in [-0.15, -0.1) is 0 Å². The number of urea groups is 1. The van der Waals surface area contributed by atoms with Crippen LogP contribution in [0.3, 0.4) is 0 Å². The fourth-order valence-electron chi connectivity index (χ4n) is 3.60. The van der Waals surface area contributed by atoms with Crippen molar-refractivity contribution in [3.8, 4) is 0 Å². The van der Waals surface area contributed by atoms with Crippen LogP contribution < -0.4 is 10.6 Å². The van der Waals surface area contributed by atoms with Crippen LogP contribution in [-0.2, 0) is 11.2 Å². The first-order valence-electron chi connectivity index (χ1n) is 8.79. The second-order valence-corrected chi connectivity index (χ2v) is 6.66. The Kier molecular flexibility index (Phi) is 4.27. The molecule has 0 saturated heterocycles. The van der Waals surface area contributed by atoms with Crippen LogP contribution in [0.15, 0.2) is 42.6 Å². The first kappa shape index (κ1) is 17.1. The summed E-state index contributed by atoms with van der Waals surface area (Å²) in [4.78, 5) is 24.3. The van der Waals surface area contributed by atoms with Crippen molar-refractivity contribution in [2.24, 2.45) is 0 Å². The summed E-state index contributed by atoms with van der Waals surface area (Å²) < 4.78 is 5.88. The molecule has 2 N–H and O–H groups in total. The Morgan fingerprint density at radius 2 is 2.11 bits per heavy atom. The maximum atomic E-state index is 12.5. The van der Waals surface area contributed by atoms with Gasteiger partial charge < -0.3 is 15.4 Å². The molecule has 1 aromatic heterocycles. The molecule has 0 aliphatic heterocycles. The number of rotatable bonds is 2. The highest BCUT2D eigenvalue weighted by molar-refractivity contribution is 6.02. The molecule has 138 valence electrons. The van der Waals surface area contributed by atoms with Gasteiger partial charge in [-0.3, -0.25) is 0 Å². The minimum absolute atomic E-state index is 0.00223. The number of carbonyl (C=O) groups is 2. The Bertz CT molecular complexity index is 1040. The quantitative estimate of drug-likeness (QED) is 0.725. The Hall–Kier alpha value is -3.35. The highest BCUT2D eigenvalue weighted by Gasteiger charge is 2.24. The van der Waals surface area contributed by atoms with E-state index in [1.54, 1.807) is 18.2 Å². The Labute approximate surface area is 156 Å². The minimum atomic E-state index is -0.579. The maximum absolute atomic E-state index is 12.5. The number of benzene rings is 2. The minimum Gasteiger partial charge on any atom is -0.451 e. The summed E-state index contributed by atoms with van der Waals surface area (Å²) >= 11 is 0. The van der Waals surface area contributed by atoms with Crippen LogP contribution in [-0.4, -0.2) is 29.0 Å². The number of anilines is 1. The molecule has 7 nitrogen and oxygen atoms in total. The number of aromatic nitrogens is 2. The average molecular weight is 364 g/mol. The molecule has 1 heterocycles. The van der Waals surface area contributed by atoms with Gasteiger partial charge >= 0.3 is 12.1 Å². The number of amides is 2. The van der Waals surface area contributed by atoms with Gasteiger partial charge in [0.1, 0.15) is 0 Å². The molecule has 4 rings (SSSR count). The number of ether oxygens (including phenoxy) is 1. The molecule has 1 unspecified atom stereocenters. The molecule has 2 amide bonds. The van der Waals surface area contributed by atoms with E-state index in [4.69, 9.17) is 4.74 Å². The molecule has 1 aliphatic rings. The van der Waals surface area contributed by atoms with E-state index in [0.29, 0.717) is 16.6 Å². The van der Waals surface area contributed by atoms with Crippen LogP contribution in [0.4, 0.5) is 15.3 Å². The highest BCUT2D eigenvalue weighted by Crippen LogP contribution is 2.32. The zero-order valence-corrected chi connectivity index (χ0v) is 15.2. The summed E-state index contributed by atoms with van der Waals surface area (Å²) in [7, 11) is 1.30. The van der Waals surface area contributed by atoms with Gasteiger partial charge in [0.25, 0.3) is 0 Å². The van der Waals surface area contributed by atoms with Crippen molar-refractivity contribution < 1.29 is 14.3 Å². The summed E-state index contributed by atoms with van der Waals surface area (Å²) in [6, 6.07) is 11.3. The second-order valence-electron chi connectivity index (χ2n) is 6.66. The van der Waals surface area contributed by atoms with E-state index in [2.05, 4.69) is 40.9 Å². The smallest absolute Gasteiger partial charge is 0.434 e. The topological polar surface area (TPSA) is 85.2 Å². The molecule has 27 heavy (non-hydrogen) atoms. The third-order valence-corrected chi connectivity index (χ3v) is 4.89. The van der Waals surface area contributed by atoms with E-state index in [1.165, 1.54) is 30.0 Å². The Morgan fingerprint density at radius 3 is 2.93 bits per heavy atom. The molecule has 0 spiro atoms. The van der Waals surface area contributed by atoms with Crippen LogP contribution in [0.1, 0.15) is 29.2 Å². The molecule has 0 saturated carbocycles. The van der Waals surface area contributed by atoms with Crippen LogP contribution in [0.2, 0.25) is 0 Å². The third-order valence-electron chi connectivity index (χ3n) is 4.89. The van der Waals surface area contributed by atoms with E-state index in [9.17, 15) is 9.59 Å². The average Bonchev–Trinajstić information content (AvgIpc) is 3.26. The van der Waals surface area contributed by atoms with Gasteiger partial charge in [-0.25, -0.2) is 9.59 Å². The molecular weight excluding hydrogens is 344 g/mol. The first-order chi connectivity index (χ1) is 13.1. The lowest BCUT2D eigenvalue weighted by molar-refractivity contribution is 0.170. The standard InChI is InChI=1S/C20H20N4O3/c1-12-6-8-14-13(10-12)7-9-17(14)23-19(25)22-16-4-3-5-18-15(16)11-21-24(18)20(26)27-2/h3-6,8,10-11,17H,7,9H2,1-2H3,(H2,22,23,25). The summed E-state index contributed by atoms with van der Waals surface area (Å²) in [6.45, 7) is 2.07. The number of nitrogens with zero attached hydrogens (tertiary/aromatic N) is 2. The van der Waals surface area contributed by atoms with E-state index >= 15 is 0 Å². The number of aryl methyl sites for hydroxylation is 2. The van der Waals surface area contributed by atoms with Gasteiger partial charge in [0, 0.05) is 5.39 Å². The molecule has 0 radical (unpaired) electrons. The Morgan fingerprint density at radius 1 is 1.26 bits per heavy atom. The SMILES string of the molecule is COC(=O)n1ncc2c(NC(=O)NC3CCc4cc(C)ccc43)cccc21. The van der Waals surface area contributed by atoms with E-state index in [1.807, 2.05) is 0 Å². The second kappa shape index (κ2) is 6.75. The monoisotopic (exact) mass is 364 g/mol. The predicted molar refractivity (Wildman–Crippen MR) is 102 cm³/mol. The number of fused-ring (bicyclic) bond motifs is 2. The van der Waals surface area contributed by atoms with Crippen LogP contribution in [0, 0.1) is 6.92 Å². The van der Waals surface area contributed by atoms with Crippen LogP contribution >= 0.6 is 0 Å². The fourth-order valence-corrected chi connectivity index (χ4v) is 3.60. The zero-order valence-electron chi connectivity index (χ0n) is 15.2. The van der Waals surface area contributed by atoms with Gasteiger partial charge in [0.05, 0.1) is 30.6 Å². The summed E-state index contributed by atoms with van der Waals surface area (Å²) in [6.07, 6.45) is 2.81. The molecule has 1 aliphatic carbocycles. The molecular formula is C20H20N4O3. The number of hydrogen-bond acceptors (Lipinski definition) is 4. The van der Waals surface area contributed by atoms with Crippen LogP contribution in [0.5, 0.6) is 0 Å². The highest BCUT2D eigenvalue weighted by atomic mass is 16.5. The summed E-state index contributed by atoms with van der Waals surface area (Å²) in [5.41, 5.74) is 4.85. The van der Waals surface area contributed by atoms with Crippen molar-refractivity contribution in [2.45, 2.75) is 25.8 Å². The van der Waals surface area contributed by atoms with Gasteiger partial charge in [-0.1, -0.05) is 29.8 Å². The van der Waals surface area contributed by atoms with Gasteiger partial charge in [-0.05, 0) is 43.0 Å². The van der Waals surface area contributed by atoms with Gasteiger partial charge in [0.2, 0.25) is 0 Å². The van der Waals surface area contributed by atoms with Crippen molar-refractivity contribution >= 4 is 28.7 Å². The molecule has 2 aromatic carbocycles. The number of methoxy groups -OCH3 is 1. The number of carbonyl (C=O) groups excluding carboxylic acids is 2. The molecule has 1 atom stereocenters. The number of nitrogens with one attached hydrogen (secondary N) is 2. The van der Waals surface area contributed by atoms with Gasteiger partial charge in [0.15, 0.2) is 0 Å². The number of hydrogen-bond donors (Lipinski definition) is 2. The summed E-state index contributed by atoms with van der Waals surface area (Å²) in [5.74, 6) is 0. The van der Waals surface area contributed by atoms with E-state index in [0.717, 1.165) is 17.5 Å². The lowest BCUT2D eigenvalue weighted by Gasteiger charge is -2.15. The maximum Gasteiger partial charge on any atom is 0.434 e. The first-order valence-corrected chi connectivity index (χ1v) is 8.79. The van der Waals surface area contributed by atoms with Crippen molar-refractivity contribution in [1.82, 2.24) is 15.1 Å². The predicted octanol–water partition coefficient (Wildman–Crippen LogP) is 3.77. The molecule has 0 bridgehead atoms. The normalized spacial score (nSPS) is 15.4. The molecule has 3 aromatic rings. The van der Waals surface area contributed by atoms with Gasteiger partial charge in [-0.2, -0.15) is 9.78 Å².